The number of nitrogens with zero attached hydrogens (tertiary/aromatic N) is 1. The van der Waals surface area contributed by atoms with Crippen LogP contribution in [0.25, 0.3) is 11.1 Å². The lowest BCUT2D eigenvalue weighted by atomic mass is 9.99. The fourth-order valence-electron chi connectivity index (χ4n) is 3.29. The van der Waals surface area contributed by atoms with Gasteiger partial charge in [0.05, 0.1) is 16.8 Å². The van der Waals surface area contributed by atoms with E-state index in [9.17, 15) is 18.0 Å². The average Bonchev–Trinajstić information content (AvgIpc) is 2.84. The minimum Gasteiger partial charge on any atom is -0.489 e. The fraction of sp³-hybridized carbons (Fsp3) is 0.0769. The zero-order valence-electron chi connectivity index (χ0n) is 17.9. The zero-order chi connectivity index (χ0) is 25.0. The number of aromatic nitrogens is 1. The SMILES string of the molecule is O=C(O)c1ccc(Oc2ccc(COc3ccc(-c4ccccc4)c(C(F)(F)F)c3)cc2Cl)cn1. The number of carboxylic acids is 1. The number of benzene rings is 3. The molecule has 0 aliphatic carbocycles. The molecule has 4 rings (SSSR count). The number of rotatable bonds is 7. The second-order valence-electron chi connectivity index (χ2n) is 7.41. The van der Waals surface area contributed by atoms with E-state index >= 15 is 0 Å². The summed E-state index contributed by atoms with van der Waals surface area (Å²) in [4.78, 5) is 14.7. The molecule has 0 fully saturated rings. The second-order valence-corrected chi connectivity index (χ2v) is 7.82. The van der Waals surface area contributed by atoms with Gasteiger partial charge >= 0.3 is 12.1 Å². The molecule has 0 bridgehead atoms. The van der Waals surface area contributed by atoms with Gasteiger partial charge in [-0.05, 0) is 53.1 Å². The van der Waals surface area contributed by atoms with Crippen LogP contribution in [0.4, 0.5) is 13.2 Å². The van der Waals surface area contributed by atoms with Crippen molar-refractivity contribution in [1.29, 1.82) is 0 Å². The topological polar surface area (TPSA) is 68.7 Å². The van der Waals surface area contributed by atoms with Crippen molar-refractivity contribution < 1.29 is 32.5 Å². The molecule has 0 aliphatic rings. The maximum atomic E-state index is 13.7. The van der Waals surface area contributed by atoms with Crippen molar-refractivity contribution in [3.63, 3.8) is 0 Å². The van der Waals surface area contributed by atoms with E-state index < -0.39 is 17.7 Å². The maximum Gasteiger partial charge on any atom is 0.417 e. The highest BCUT2D eigenvalue weighted by molar-refractivity contribution is 6.32. The van der Waals surface area contributed by atoms with Crippen LogP contribution in [0, 0.1) is 0 Å². The number of hydrogen-bond donors (Lipinski definition) is 1. The third kappa shape index (κ3) is 5.91. The van der Waals surface area contributed by atoms with Gasteiger partial charge in [-0.2, -0.15) is 13.2 Å². The number of carbonyl (C=O) groups is 1. The molecule has 0 saturated carbocycles. The molecule has 5 nitrogen and oxygen atoms in total. The van der Waals surface area contributed by atoms with Gasteiger partial charge in [0.15, 0.2) is 0 Å². The number of pyridine rings is 1. The van der Waals surface area contributed by atoms with Gasteiger partial charge in [0.25, 0.3) is 0 Å². The van der Waals surface area contributed by atoms with Gasteiger partial charge in [0, 0.05) is 0 Å². The van der Waals surface area contributed by atoms with Gasteiger partial charge in [-0.25, -0.2) is 9.78 Å². The average molecular weight is 500 g/mol. The molecule has 1 aromatic heterocycles. The first kappa shape index (κ1) is 24.1. The number of carboxylic acid groups (broad SMARTS) is 1. The molecule has 0 radical (unpaired) electrons. The molecular formula is C26H17ClF3NO4. The molecule has 0 spiro atoms. The second kappa shape index (κ2) is 10.1. The van der Waals surface area contributed by atoms with Crippen molar-refractivity contribution >= 4 is 17.6 Å². The zero-order valence-corrected chi connectivity index (χ0v) is 18.7. The molecular weight excluding hydrogens is 483 g/mol. The van der Waals surface area contributed by atoms with Crippen molar-refractivity contribution in [3.05, 3.63) is 107 Å². The van der Waals surface area contributed by atoms with E-state index in [4.69, 9.17) is 26.2 Å². The Kier molecular flexibility index (Phi) is 6.93. The normalized spacial score (nSPS) is 11.2. The number of ether oxygens (including phenoxy) is 2. The molecule has 0 amide bonds. The van der Waals surface area contributed by atoms with Crippen molar-refractivity contribution in [3.8, 4) is 28.4 Å². The molecule has 0 atom stereocenters. The van der Waals surface area contributed by atoms with Crippen molar-refractivity contribution in [2.24, 2.45) is 0 Å². The minimum absolute atomic E-state index is 0.0170. The molecule has 35 heavy (non-hydrogen) atoms. The van der Waals surface area contributed by atoms with E-state index in [1.807, 2.05) is 0 Å². The van der Waals surface area contributed by atoms with Crippen LogP contribution < -0.4 is 9.47 Å². The lowest BCUT2D eigenvalue weighted by Crippen LogP contribution is -2.08. The van der Waals surface area contributed by atoms with Gasteiger partial charge in [-0.1, -0.05) is 54.1 Å². The molecule has 178 valence electrons. The summed E-state index contributed by atoms with van der Waals surface area (Å²) < 4.78 is 52.3. The minimum atomic E-state index is -4.55. The first-order valence-corrected chi connectivity index (χ1v) is 10.6. The Morgan fingerprint density at radius 3 is 2.31 bits per heavy atom. The number of alkyl halides is 3. The molecule has 3 aromatic carbocycles. The fourth-order valence-corrected chi connectivity index (χ4v) is 3.54. The third-order valence-corrected chi connectivity index (χ3v) is 5.26. The van der Waals surface area contributed by atoms with Gasteiger partial charge in [0.1, 0.15) is 29.5 Å². The van der Waals surface area contributed by atoms with Crippen LogP contribution in [0.15, 0.2) is 85.1 Å². The summed E-state index contributed by atoms with van der Waals surface area (Å²) >= 11 is 6.27. The monoisotopic (exact) mass is 499 g/mol. The van der Waals surface area contributed by atoms with E-state index in [1.165, 1.54) is 30.5 Å². The lowest BCUT2D eigenvalue weighted by Gasteiger charge is -2.16. The summed E-state index contributed by atoms with van der Waals surface area (Å²) in [6.07, 6.45) is -3.29. The summed E-state index contributed by atoms with van der Waals surface area (Å²) in [7, 11) is 0. The predicted octanol–water partition coefficient (Wildman–Crippen LogP) is 7.49. The van der Waals surface area contributed by atoms with Crippen LogP contribution in [0.1, 0.15) is 21.6 Å². The predicted molar refractivity (Wildman–Crippen MR) is 124 cm³/mol. The third-order valence-electron chi connectivity index (χ3n) is 4.97. The molecule has 0 unspecified atom stereocenters. The highest BCUT2D eigenvalue weighted by Gasteiger charge is 2.34. The summed E-state index contributed by atoms with van der Waals surface area (Å²) in [6.45, 7) is -0.0170. The van der Waals surface area contributed by atoms with Crippen LogP contribution in [-0.2, 0) is 12.8 Å². The number of hydrogen-bond acceptors (Lipinski definition) is 4. The van der Waals surface area contributed by atoms with Crippen LogP contribution in [0.3, 0.4) is 0 Å². The summed E-state index contributed by atoms with van der Waals surface area (Å²) in [5.41, 5.74) is 0.233. The van der Waals surface area contributed by atoms with Crippen molar-refractivity contribution in [1.82, 2.24) is 4.98 Å². The van der Waals surface area contributed by atoms with Gasteiger partial charge in [0.2, 0.25) is 0 Å². The first-order valence-electron chi connectivity index (χ1n) is 10.3. The van der Waals surface area contributed by atoms with Crippen LogP contribution in [0.5, 0.6) is 17.2 Å². The smallest absolute Gasteiger partial charge is 0.417 e. The Bertz CT molecular complexity index is 1340. The summed E-state index contributed by atoms with van der Waals surface area (Å²) in [5, 5.41) is 9.14. The maximum absolute atomic E-state index is 13.7. The lowest BCUT2D eigenvalue weighted by molar-refractivity contribution is -0.137. The van der Waals surface area contributed by atoms with Gasteiger partial charge in [-0.3, -0.25) is 0 Å². The van der Waals surface area contributed by atoms with Crippen molar-refractivity contribution in [2.75, 3.05) is 0 Å². The van der Waals surface area contributed by atoms with E-state index in [2.05, 4.69) is 4.98 Å². The van der Waals surface area contributed by atoms with Gasteiger partial charge in [-0.15, -0.1) is 0 Å². The van der Waals surface area contributed by atoms with Crippen LogP contribution in [0.2, 0.25) is 5.02 Å². The van der Waals surface area contributed by atoms with E-state index in [0.29, 0.717) is 22.6 Å². The Balaban J connectivity index is 1.47. The highest BCUT2D eigenvalue weighted by atomic mass is 35.5. The molecule has 9 heteroatoms. The standard InChI is InChI=1S/C26H17ClF3NO4/c27-22-12-16(6-11-24(22)35-19-8-10-23(25(32)33)31-14-19)15-34-18-7-9-20(17-4-2-1-3-5-17)21(13-18)26(28,29)30/h1-14H,15H2,(H,32,33). The molecule has 4 aromatic rings. The Hall–Kier alpha value is -4.04. The van der Waals surface area contributed by atoms with E-state index in [0.717, 1.165) is 6.07 Å². The van der Waals surface area contributed by atoms with Crippen LogP contribution >= 0.6 is 11.6 Å². The highest BCUT2D eigenvalue weighted by Crippen LogP contribution is 2.39. The molecule has 1 N–H and O–H groups in total. The van der Waals surface area contributed by atoms with E-state index in [1.54, 1.807) is 48.5 Å². The Morgan fingerprint density at radius 2 is 1.69 bits per heavy atom. The Labute approximate surface area is 203 Å². The number of halogens is 4. The van der Waals surface area contributed by atoms with E-state index in [-0.39, 0.29) is 28.6 Å². The van der Waals surface area contributed by atoms with Crippen LogP contribution in [-0.4, -0.2) is 16.1 Å². The number of aromatic carboxylic acids is 1. The Morgan fingerprint density at radius 1 is 0.943 bits per heavy atom. The molecule has 1 heterocycles. The molecule has 0 saturated heterocycles. The quantitative estimate of drug-likeness (QED) is 0.285. The first-order chi connectivity index (χ1) is 16.7. The summed E-state index contributed by atoms with van der Waals surface area (Å²) in [6, 6.07) is 19.7. The largest absolute Gasteiger partial charge is 0.489 e. The molecule has 0 aliphatic heterocycles. The summed E-state index contributed by atoms with van der Waals surface area (Å²) in [5.74, 6) is -0.500. The van der Waals surface area contributed by atoms with Crippen molar-refractivity contribution in [2.45, 2.75) is 12.8 Å². The van der Waals surface area contributed by atoms with Gasteiger partial charge < -0.3 is 14.6 Å².